The van der Waals surface area contributed by atoms with E-state index in [1.54, 1.807) is 0 Å². The first-order chi connectivity index (χ1) is 5.15. The number of hydrogen-bond acceptors (Lipinski definition) is 4. The molecular weight excluding hydrogens is 232 g/mol. The topological polar surface area (TPSA) is 39.4 Å². The highest BCUT2D eigenvalue weighted by Crippen LogP contribution is 2.24. The van der Waals surface area contributed by atoms with Crippen molar-refractivity contribution in [2.24, 2.45) is 0 Å². The maximum atomic E-state index is 10.8. The largest absolute Gasteiger partial charge is 0.463 e. The predicted molar refractivity (Wildman–Crippen MR) is 45.0 cm³/mol. The molecule has 0 aliphatic carbocycles. The van der Waals surface area contributed by atoms with Crippen LogP contribution < -0.4 is 0 Å². The average molecular weight is 237 g/mol. The highest BCUT2D eigenvalue weighted by atomic mass is 79.9. The molecule has 1 heterocycles. The molecule has 3 nitrogen and oxygen atoms in total. The number of rotatable bonds is 1. The molecule has 1 aromatic rings. The summed E-state index contributed by atoms with van der Waals surface area (Å²) < 4.78 is 9.97. The number of furan rings is 1. The number of thiol groups is 1. The van der Waals surface area contributed by atoms with Crippen molar-refractivity contribution in [2.75, 3.05) is 7.11 Å². The molecule has 0 aliphatic heterocycles. The van der Waals surface area contributed by atoms with Gasteiger partial charge in [-0.1, -0.05) is 0 Å². The first-order valence-electron chi connectivity index (χ1n) is 2.71. The van der Waals surface area contributed by atoms with Gasteiger partial charge in [0.15, 0.2) is 5.09 Å². The van der Waals surface area contributed by atoms with Crippen molar-refractivity contribution in [3.8, 4) is 0 Å². The van der Waals surface area contributed by atoms with Gasteiger partial charge < -0.3 is 9.15 Å². The third-order valence-electron chi connectivity index (χ3n) is 1.06. The lowest BCUT2D eigenvalue weighted by Crippen LogP contribution is -1.97. The van der Waals surface area contributed by atoms with Crippen molar-refractivity contribution < 1.29 is 13.9 Å². The number of esters is 1. The molecule has 0 N–H and O–H groups in total. The number of hydrogen-bond donors (Lipinski definition) is 1. The average Bonchev–Trinajstić information content (AvgIpc) is 2.31. The molecule has 0 fully saturated rings. The molecule has 0 spiro atoms. The summed E-state index contributed by atoms with van der Waals surface area (Å²) in [5.41, 5.74) is 0. The van der Waals surface area contributed by atoms with Crippen molar-refractivity contribution >= 4 is 34.5 Å². The monoisotopic (exact) mass is 236 g/mol. The van der Waals surface area contributed by atoms with E-state index in [0.29, 0.717) is 9.56 Å². The molecule has 0 radical (unpaired) electrons. The van der Waals surface area contributed by atoms with Crippen LogP contribution in [0.3, 0.4) is 0 Å². The number of methoxy groups -OCH3 is 1. The van der Waals surface area contributed by atoms with Gasteiger partial charge in [0.05, 0.1) is 11.6 Å². The van der Waals surface area contributed by atoms with Crippen molar-refractivity contribution in [1.82, 2.24) is 0 Å². The summed E-state index contributed by atoms with van der Waals surface area (Å²) in [6.45, 7) is 0. The highest BCUT2D eigenvalue weighted by Gasteiger charge is 2.12. The maximum absolute atomic E-state index is 10.8. The molecule has 0 aromatic carbocycles. The van der Waals surface area contributed by atoms with Crippen molar-refractivity contribution in [3.63, 3.8) is 0 Å². The van der Waals surface area contributed by atoms with Crippen LogP contribution in [0.1, 0.15) is 10.6 Å². The van der Waals surface area contributed by atoms with Gasteiger partial charge in [-0.05, 0) is 15.9 Å². The Balaban J connectivity index is 2.97. The Bertz CT molecular complexity index is 262. The molecule has 0 aliphatic rings. The van der Waals surface area contributed by atoms with E-state index >= 15 is 0 Å². The van der Waals surface area contributed by atoms with E-state index in [1.807, 2.05) is 0 Å². The van der Waals surface area contributed by atoms with Crippen molar-refractivity contribution in [3.05, 3.63) is 16.3 Å². The molecule has 0 bridgehead atoms. The van der Waals surface area contributed by atoms with Gasteiger partial charge >= 0.3 is 5.97 Å². The Hall–Kier alpha value is -0.420. The Morgan fingerprint density at radius 2 is 2.45 bits per heavy atom. The van der Waals surface area contributed by atoms with Crippen LogP contribution in [-0.4, -0.2) is 13.1 Å². The van der Waals surface area contributed by atoms with Crippen LogP contribution >= 0.6 is 28.6 Å². The van der Waals surface area contributed by atoms with E-state index in [1.165, 1.54) is 13.2 Å². The van der Waals surface area contributed by atoms with E-state index in [2.05, 4.69) is 33.3 Å². The van der Waals surface area contributed by atoms with E-state index in [9.17, 15) is 4.79 Å². The summed E-state index contributed by atoms with van der Waals surface area (Å²) in [4.78, 5) is 10.8. The van der Waals surface area contributed by atoms with Crippen LogP contribution in [0.4, 0.5) is 0 Å². The molecule has 0 saturated heterocycles. The van der Waals surface area contributed by atoms with Gasteiger partial charge in [-0.25, -0.2) is 4.79 Å². The lowest BCUT2D eigenvalue weighted by molar-refractivity contribution is 0.0559. The summed E-state index contributed by atoms with van der Waals surface area (Å²) in [5, 5.41) is 0.366. The quantitative estimate of drug-likeness (QED) is 0.600. The molecular formula is C6H5BrO3S. The fourth-order valence-electron chi connectivity index (χ4n) is 0.560. The molecule has 0 atom stereocenters. The normalized spacial score (nSPS) is 9.73. The molecule has 0 amide bonds. The summed E-state index contributed by atoms with van der Waals surface area (Å²) in [6, 6.07) is 1.51. The third kappa shape index (κ3) is 1.78. The number of carbonyl (C=O) groups excluding carboxylic acids is 1. The molecule has 0 unspecified atom stereocenters. The van der Waals surface area contributed by atoms with Crippen LogP contribution in [0.2, 0.25) is 0 Å². The standard InChI is InChI=1S/C6H5BrO3S/c1-9-5(8)4-2-3(7)6(11)10-4/h2,11H,1H3. The SMILES string of the molecule is COC(=O)c1cc(Br)c(S)o1. The first kappa shape index (κ1) is 8.67. The van der Waals surface area contributed by atoms with Gasteiger partial charge in [0.1, 0.15) is 0 Å². The minimum absolute atomic E-state index is 0.143. The van der Waals surface area contributed by atoms with Gasteiger partial charge in [-0.15, -0.1) is 12.6 Å². The molecule has 1 aromatic heterocycles. The van der Waals surface area contributed by atoms with Crippen LogP contribution in [0.5, 0.6) is 0 Å². The van der Waals surface area contributed by atoms with Crippen molar-refractivity contribution in [1.29, 1.82) is 0 Å². The van der Waals surface area contributed by atoms with Gasteiger partial charge in [-0.2, -0.15) is 0 Å². The highest BCUT2D eigenvalue weighted by molar-refractivity contribution is 9.10. The third-order valence-corrected chi connectivity index (χ3v) is 2.28. The Morgan fingerprint density at radius 3 is 2.82 bits per heavy atom. The second-order valence-corrected chi connectivity index (χ2v) is 3.02. The summed E-state index contributed by atoms with van der Waals surface area (Å²) in [7, 11) is 1.29. The fourth-order valence-corrected chi connectivity index (χ4v) is 1.01. The van der Waals surface area contributed by atoms with E-state index in [4.69, 9.17) is 4.42 Å². The fraction of sp³-hybridized carbons (Fsp3) is 0.167. The van der Waals surface area contributed by atoms with Gasteiger partial charge in [-0.3, -0.25) is 0 Å². The smallest absolute Gasteiger partial charge is 0.374 e. The minimum Gasteiger partial charge on any atom is -0.463 e. The van der Waals surface area contributed by atoms with Gasteiger partial charge in [0, 0.05) is 6.07 Å². The van der Waals surface area contributed by atoms with Gasteiger partial charge in [0.25, 0.3) is 0 Å². The second-order valence-electron chi connectivity index (χ2n) is 1.76. The first-order valence-corrected chi connectivity index (χ1v) is 3.95. The number of ether oxygens (including phenoxy) is 1. The molecule has 5 heteroatoms. The predicted octanol–water partition coefficient (Wildman–Crippen LogP) is 2.12. The lowest BCUT2D eigenvalue weighted by atomic mass is 10.5. The second kappa shape index (κ2) is 3.32. The van der Waals surface area contributed by atoms with E-state index < -0.39 is 5.97 Å². The van der Waals surface area contributed by atoms with E-state index in [0.717, 1.165) is 0 Å². The van der Waals surface area contributed by atoms with Crippen LogP contribution in [0.15, 0.2) is 20.0 Å². The summed E-state index contributed by atoms with van der Waals surface area (Å²) in [5.74, 6) is -0.365. The zero-order valence-corrected chi connectivity index (χ0v) is 8.11. The van der Waals surface area contributed by atoms with Gasteiger partial charge in [0.2, 0.25) is 5.76 Å². The summed E-state index contributed by atoms with van der Waals surface area (Å²) >= 11 is 7.07. The molecule has 1 rings (SSSR count). The van der Waals surface area contributed by atoms with Crippen molar-refractivity contribution in [2.45, 2.75) is 5.09 Å². The Kier molecular flexibility index (Phi) is 2.62. The molecule has 11 heavy (non-hydrogen) atoms. The Labute approximate surface area is 77.3 Å². The number of halogens is 1. The summed E-state index contributed by atoms with van der Waals surface area (Å²) in [6.07, 6.45) is 0. The molecule has 0 saturated carbocycles. The minimum atomic E-state index is -0.508. The van der Waals surface area contributed by atoms with Crippen LogP contribution in [0, 0.1) is 0 Å². The van der Waals surface area contributed by atoms with Crippen LogP contribution in [-0.2, 0) is 4.74 Å². The Morgan fingerprint density at radius 1 is 1.82 bits per heavy atom. The van der Waals surface area contributed by atoms with Crippen LogP contribution in [0.25, 0.3) is 0 Å². The zero-order valence-electron chi connectivity index (χ0n) is 5.63. The number of carbonyl (C=O) groups is 1. The zero-order chi connectivity index (χ0) is 8.43. The maximum Gasteiger partial charge on any atom is 0.374 e. The lowest BCUT2D eigenvalue weighted by Gasteiger charge is -1.90. The molecule has 60 valence electrons. The van der Waals surface area contributed by atoms with E-state index in [-0.39, 0.29) is 5.76 Å².